The summed E-state index contributed by atoms with van der Waals surface area (Å²) in [4.78, 5) is 14.6. The first-order chi connectivity index (χ1) is 12.2. The molecule has 0 amide bonds. The lowest BCUT2D eigenvalue weighted by molar-refractivity contribution is 0.216. The summed E-state index contributed by atoms with van der Waals surface area (Å²) >= 11 is 0. The second-order valence-corrected chi connectivity index (χ2v) is 6.25. The highest BCUT2D eigenvalue weighted by molar-refractivity contribution is 5.68. The molecule has 134 valence electrons. The van der Waals surface area contributed by atoms with Gasteiger partial charge in [0, 0.05) is 24.2 Å². The summed E-state index contributed by atoms with van der Waals surface area (Å²) in [7, 11) is 3.23. The molecule has 0 N–H and O–H groups in total. The number of nitrogens with zero attached hydrogens (tertiary/aromatic N) is 3. The van der Waals surface area contributed by atoms with Crippen molar-refractivity contribution in [1.82, 2.24) is 14.7 Å². The number of rotatable bonds is 6. The topological polar surface area (TPSA) is 56.6 Å². The molecular formula is C19H25N3O3. The van der Waals surface area contributed by atoms with E-state index in [1.807, 2.05) is 18.2 Å². The molecule has 25 heavy (non-hydrogen) atoms. The molecule has 1 fully saturated rings. The number of methoxy groups -OCH3 is 2. The summed E-state index contributed by atoms with van der Waals surface area (Å²) in [5.41, 5.74) is 1.49. The first-order valence-electron chi connectivity index (χ1n) is 8.74. The molecule has 1 aromatic heterocycles. The molecular weight excluding hydrogens is 318 g/mol. The first-order valence-corrected chi connectivity index (χ1v) is 8.74. The Morgan fingerprint density at radius 1 is 1.00 bits per heavy atom. The lowest BCUT2D eigenvalue weighted by Crippen LogP contribution is -2.35. The minimum absolute atomic E-state index is 0.0757. The second-order valence-electron chi connectivity index (χ2n) is 6.25. The van der Waals surface area contributed by atoms with E-state index >= 15 is 0 Å². The highest BCUT2D eigenvalue weighted by atomic mass is 16.5. The Morgan fingerprint density at radius 3 is 2.52 bits per heavy atom. The Morgan fingerprint density at radius 2 is 1.80 bits per heavy atom. The minimum atomic E-state index is -0.0757. The molecule has 2 aromatic rings. The van der Waals surface area contributed by atoms with Crippen molar-refractivity contribution in [2.75, 3.05) is 33.9 Å². The quantitative estimate of drug-likeness (QED) is 0.806. The fraction of sp³-hybridized carbons (Fsp3) is 0.474. The van der Waals surface area contributed by atoms with E-state index in [2.05, 4.69) is 10.00 Å². The Balaban J connectivity index is 1.82. The number of piperidine rings is 1. The van der Waals surface area contributed by atoms with Crippen molar-refractivity contribution < 1.29 is 9.47 Å². The molecule has 0 bridgehead atoms. The summed E-state index contributed by atoms with van der Waals surface area (Å²) < 4.78 is 12.2. The van der Waals surface area contributed by atoms with Crippen LogP contribution in [0.3, 0.4) is 0 Å². The third kappa shape index (κ3) is 4.20. The van der Waals surface area contributed by atoms with Crippen LogP contribution < -0.4 is 15.0 Å². The molecule has 1 aromatic carbocycles. The molecule has 1 aliphatic rings. The number of hydrogen-bond donors (Lipinski definition) is 0. The highest BCUT2D eigenvalue weighted by Gasteiger charge is 2.13. The van der Waals surface area contributed by atoms with Crippen LogP contribution in [0.15, 0.2) is 35.1 Å². The molecule has 6 heteroatoms. The summed E-state index contributed by atoms with van der Waals surface area (Å²) in [6, 6.07) is 8.90. The van der Waals surface area contributed by atoms with Crippen LogP contribution in [0.4, 0.5) is 0 Å². The van der Waals surface area contributed by atoms with E-state index in [1.165, 1.54) is 19.3 Å². The standard InChI is InChI=1S/C19H25N3O3/c1-24-15-6-7-16(18(14-15)25-2)17-8-9-19(23)22(20-17)13-12-21-10-4-3-5-11-21/h6-9,14H,3-5,10-13H2,1-2H3. The Bertz CT molecular complexity index is 767. The molecule has 1 aliphatic heterocycles. The first kappa shape index (κ1) is 17.5. The van der Waals surface area contributed by atoms with Crippen LogP contribution in [0.5, 0.6) is 11.5 Å². The second kappa shape index (κ2) is 8.16. The molecule has 3 rings (SSSR count). The van der Waals surface area contributed by atoms with Crippen LogP contribution in [0, 0.1) is 0 Å². The van der Waals surface area contributed by atoms with Gasteiger partial charge in [-0.25, -0.2) is 4.68 Å². The van der Waals surface area contributed by atoms with Crippen LogP contribution in [0.2, 0.25) is 0 Å². The third-order valence-electron chi connectivity index (χ3n) is 4.63. The van der Waals surface area contributed by atoms with Crippen molar-refractivity contribution >= 4 is 0 Å². The molecule has 0 saturated carbocycles. The van der Waals surface area contributed by atoms with Gasteiger partial charge in [-0.3, -0.25) is 4.79 Å². The van der Waals surface area contributed by atoms with E-state index in [9.17, 15) is 4.79 Å². The largest absolute Gasteiger partial charge is 0.497 e. The Hall–Kier alpha value is -2.34. The number of hydrogen-bond acceptors (Lipinski definition) is 5. The number of likely N-dealkylation sites (tertiary alicyclic amines) is 1. The maximum absolute atomic E-state index is 12.2. The van der Waals surface area contributed by atoms with Gasteiger partial charge in [0.1, 0.15) is 11.5 Å². The van der Waals surface area contributed by atoms with Gasteiger partial charge in [-0.2, -0.15) is 5.10 Å². The maximum atomic E-state index is 12.2. The molecule has 1 saturated heterocycles. The van der Waals surface area contributed by atoms with Crippen LogP contribution in [0.25, 0.3) is 11.3 Å². The third-order valence-corrected chi connectivity index (χ3v) is 4.63. The van der Waals surface area contributed by atoms with Gasteiger partial charge in [-0.1, -0.05) is 6.42 Å². The highest BCUT2D eigenvalue weighted by Crippen LogP contribution is 2.31. The smallest absolute Gasteiger partial charge is 0.266 e. The van der Waals surface area contributed by atoms with E-state index in [1.54, 1.807) is 31.0 Å². The van der Waals surface area contributed by atoms with Crippen LogP contribution in [0.1, 0.15) is 19.3 Å². The van der Waals surface area contributed by atoms with Crippen molar-refractivity contribution in [3.63, 3.8) is 0 Å². The lowest BCUT2D eigenvalue weighted by atomic mass is 10.1. The fourth-order valence-corrected chi connectivity index (χ4v) is 3.18. The predicted octanol–water partition coefficient (Wildman–Crippen LogP) is 2.41. The van der Waals surface area contributed by atoms with E-state index in [0.29, 0.717) is 12.3 Å². The van der Waals surface area contributed by atoms with Gasteiger partial charge in [0.15, 0.2) is 0 Å². The van der Waals surface area contributed by atoms with E-state index in [4.69, 9.17) is 9.47 Å². The van der Waals surface area contributed by atoms with Crippen molar-refractivity contribution in [2.45, 2.75) is 25.8 Å². The summed E-state index contributed by atoms with van der Waals surface area (Å²) in [6.45, 7) is 3.68. The maximum Gasteiger partial charge on any atom is 0.266 e. The Kier molecular flexibility index (Phi) is 5.71. The van der Waals surface area contributed by atoms with E-state index in [0.717, 1.165) is 36.6 Å². The van der Waals surface area contributed by atoms with Gasteiger partial charge in [0.25, 0.3) is 5.56 Å². The van der Waals surface area contributed by atoms with Gasteiger partial charge in [0.2, 0.25) is 0 Å². The minimum Gasteiger partial charge on any atom is -0.497 e. The monoisotopic (exact) mass is 343 g/mol. The lowest BCUT2D eigenvalue weighted by Gasteiger charge is -2.26. The Labute approximate surface area is 148 Å². The molecule has 0 spiro atoms. The van der Waals surface area contributed by atoms with Crippen molar-refractivity contribution in [2.24, 2.45) is 0 Å². The van der Waals surface area contributed by atoms with E-state index in [-0.39, 0.29) is 5.56 Å². The van der Waals surface area contributed by atoms with Crippen molar-refractivity contribution in [3.8, 4) is 22.8 Å². The molecule has 0 unspecified atom stereocenters. The number of aromatic nitrogens is 2. The van der Waals surface area contributed by atoms with E-state index < -0.39 is 0 Å². The zero-order valence-electron chi connectivity index (χ0n) is 14.9. The fourth-order valence-electron chi connectivity index (χ4n) is 3.18. The predicted molar refractivity (Wildman–Crippen MR) is 97.3 cm³/mol. The SMILES string of the molecule is COc1ccc(-c2ccc(=O)n(CCN3CCCCC3)n2)c(OC)c1. The average molecular weight is 343 g/mol. The molecule has 2 heterocycles. The van der Waals surface area contributed by atoms with Gasteiger partial charge < -0.3 is 14.4 Å². The normalized spacial score (nSPS) is 15.1. The van der Waals surface area contributed by atoms with Gasteiger partial charge >= 0.3 is 0 Å². The van der Waals surface area contributed by atoms with Crippen molar-refractivity contribution in [1.29, 1.82) is 0 Å². The zero-order chi connectivity index (χ0) is 17.6. The van der Waals surface area contributed by atoms with Gasteiger partial charge in [0.05, 0.1) is 26.5 Å². The van der Waals surface area contributed by atoms with Crippen molar-refractivity contribution in [3.05, 3.63) is 40.7 Å². The zero-order valence-corrected chi connectivity index (χ0v) is 14.9. The molecule has 0 radical (unpaired) electrons. The van der Waals surface area contributed by atoms with Crippen LogP contribution in [-0.4, -0.2) is 48.5 Å². The number of ether oxygens (including phenoxy) is 2. The van der Waals surface area contributed by atoms with Gasteiger partial charge in [-0.05, 0) is 44.1 Å². The number of benzene rings is 1. The molecule has 0 atom stereocenters. The summed E-state index contributed by atoms with van der Waals surface area (Å²) in [6.07, 6.45) is 3.79. The molecule has 0 aliphatic carbocycles. The molecule has 6 nitrogen and oxygen atoms in total. The van der Waals surface area contributed by atoms with Gasteiger partial charge in [-0.15, -0.1) is 0 Å². The van der Waals surface area contributed by atoms with Crippen LogP contribution in [-0.2, 0) is 6.54 Å². The average Bonchev–Trinajstić information content (AvgIpc) is 2.67. The van der Waals surface area contributed by atoms with Crippen LogP contribution >= 0.6 is 0 Å². The summed E-state index contributed by atoms with van der Waals surface area (Å²) in [5.74, 6) is 1.40. The summed E-state index contributed by atoms with van der Waals surface area (Å²) in [5, 5.41) is 4.55.